The van der Waals surface area contributed by atoms with Crippen molar-refractivity contribution in [2.24, 2.45) is 5.92 Å². The van der Waals surface area contributed by atoms with Gasteiger partial charge in [-0.2, -0.15) is 0 Å². The van der Waals surface area contributed by atoms with Crippen molar-refractivity contribution in [3.63, 3.8) is 0 Å². The molecule has 0 radical (unpaired) electrons. The Hall–Kier alpha value is -1.65. The maximum Gasteiger partial charge on any atom is 0.246 e. The number of carbonyl (C=O) groups is 2. The van der Waals surface area contributed by atoms with Gasteiger partial charge in [0.2, 0.25) is 11.8 Å². The molecule has 0 spiro atoms. The molecule has 4 atom stereocenters. The summed E-state index contributed by atoms with van der Waals surface area (Å²) in [5, 5.41) is 15.8. The minimum Gasteiger partial charge on any atom is -0.386 e. The molecule has 6 nitrogen and oxygen atoms in total. The summed E-state index contributed by atoms with van der Waals surface area (Å²) < 4.78 is 1.04. The van der Waals surface area contributed by atoms with Gasteiger partial charge in [0.25, 0.3) is 0 Å². The largest absolute Gasteiger partial charge is 0.386 e. The highest BCUT2D eigenvalue weighted by Gasteiger charge is 2.49. The molecule has 1 fully saturated rings. The number of aliphatic hydroxyl groups is 1. The quantitative estimate of drug-likeness (QED) is 0.312. The molecular weight excluding hydrogens is 528 g/mol. The highest BCUT2D eigenvalue weighted by Crippen LogP contribution is 2.35. The standard InChI is InChI=1S/C20H16Cl2IN3O3/c21-11-3-7-15(14(22)9-11)25-26-16(18(27)10-1-4-12(23)5-2-10)8-6-13-17(26)20(29)24-19(13)28/h1-9,13,16-18,25,27H,(H,24,28,29). The first-order valence-corrected chi connectivity index (χ1v) is 10.7. The van der Waals surface area contributed by atoms with Crippen LogP contribution in [-0.2, 0) is 9.59 Å². The Kier molecular flexibility index (Phi) is 5.85. The van der Waals surface area contributed by atoms with E-state index in [9.17, 15) is 14.7 Å². The number of fused-ring (bicyclic) bond motifs is 1. The predicted octanol–water partition coefficient (Wildman–Crippen LogP) is 3.54. The van der Waals surface area contributed by atoms with E-state index in [-0.39, 0.29) is 5.91 Å². The first kappa shape index (κ1) is 20.6. The maximum atomic E-state index is 12.5. The molecule has 0 aromatic heterocycles. The highest BCUT2D eigenvalue weighted by molar-refractivity contribution is 14.1. The van der Waals surface area contributed by atoms with Crippen LogP contribution in [-0.4, -0.2) is 34.0 Å². The Morgan fingerprint density at radius 2 is 1.79 bits per heavy atom. The zero-order valence-electron chi connectivity index (χ0n) is 14.9. The van der Waals surface area contributed by atoms with Gasteiger partial charge in [-0.3, -0.25) is 14.9 Å². The third-order valence-corrected chi connectivity index (χ3v) is 6.28. The molecule has 0 saturated carbocycles. The minimum atomic E-state index is -0.939. The first-order chi connectivity index (χ1) is 13.8. The van der Waals surface area contributed by atoms with Crippen LogP contribution in [0.2, 0.25) is 10.0 Å². The number of amides is 2. The van der Waals surface area contributed by atoms with Gasteiger partial charge in [-0.25, -0.2) is 5.01 Å². The number of aliphatic hydroxyl groups excluding tert-OH is 1. The van der Waals surface area contributed by atoms with Crippen LogP contribution in [0.5, 0.6) is 0 Å². The Labute approximate surface area is 191 Å². The van der Waals surface area contributed by atoms with E-state index in [4.69, 9.17) is 23.2 Å². The van der Waals surface area contributed by atoms with Gasteiger partial charge in [0.05, 0.1) is 28.8 Å². The smallest absolute Gasteiger partial charge is 0.246 e. The fraction of sp³-hybridized carbons (Fsp3) is 0.200. The van der Waals surface area contributed by atoms with Gasteiger partial charge in [0.15, 0.2) is 0 Å². The van der Waals surface area contributed by atoms with Gasteiger partial charge in [0.1, 0.15) is 6.04 Å². The zero-order chi connectivity index (χ0) is 20.7. The van der Waals surface area contributed by atoms with Crippen molar-refractivity contribution in [1.82, 2.24) is 10.3 Å². The Bertz CT molecular complexity index is 999. The number of hydrazine groups is 1. The Morgan fingerprint density at radius 3 is 2.48 bits per heavy atom. The number of nitrogens with zero attached hydrogens (tertiary/aromatic N) is 1. The molecule has 0 aliphatic carbocycles. The summed E-state index contributed by atoms with van der Waals surface area (Å²) in [7, 11) is 0. The van der Waals surface area contributed by atoms with E-state index in [2.05, 4.69) is 33.3 Å². The van der Waals surface area contributed by atoms with Crippen LogP contribution >= 0.6 is 45.8 Å². The van der Waals surface area contributed by atoms with Gasteiger partial charge in [-0.1, -0.05) is 47.5 Å². The van der Waals surface area contributed by atoms with Crippen molar-refractivity contribution in [3.8, 4) is 0 Å². The van der Waals surface area contributed by atoms with Gasteiger partial charge in [0, 0.05) is 8.59 Å². The monoisotopic (exact) mass is 543 g/mol. The number of nitrogens with one attached hydrogen (secondary N) is 2. The third kappa shape index (κ3) is 4.02. The highest BCUT2D eigenvalue weighted by atomic mass is 127. The van der Waals surface area contributed by atoms with E-state index in [0.29, 0.717) is 21.3 Å². The lowest BCUT2D eigenvalue weighted by Gasteiger charge is -2.40. The van der Waals surface area contributed by atoms with Gasteiger partial charge in [-0.05, 0) is 58.5 Å². The van der Waals surface area contributed by atoms with Crippen molar-refractivity contribution in [3.05, 3.63) is 73.8 Å². The molecule has 2 aliphatic heterocycles. The molecule has 4 unspecified atom stereocenters. The molecule has 29 heavy (non-hydrogen) atoms. The minimum absolute atomic E-state index is 0.357. The summed E-state index contributed by atoms with van der Waals surface area (Å²) in [5.74, 6) is -1.45. The average Bonchev–Trinajstić information content (AvgIpc) is 2.98. The summed E-state index contributed by atoms with van der Waals surface area (Å²) in [6.45, 7) is 0. The average molecular weight is 544 g/mol. The van der Waals surface area contributed by atoms with Crippen molar-refractivity contribution in [2.75, 3.05) is 5.43 Å². The Balaban J connectivity index is 1.72. The lowest BCUT2D eigenvalue weighted by Crippen LogP contribution is -2.55. The van der Waals surface area contributed by atoms with Crippen LogP contribution < -0.4 is 10.7 Å². The summed E-state index contributed by atoms with van der Waals surface area (Å²) in [5.41, 5.74) is 4.33. The fourth-order valence-electron chi connectivity index (χ4n) is 3.57. The van der Waals surface area contributed by atoms with Crippen LogP contribution in [0.15, 0.2) is 54.6 Å². The number of benzene rings is 2. The van der Waals surface area contributed by atoms with Crippen LogP contribution in [0.25, 0.3) is 0 Å². The molecule has 0 bridgehead atoms. The lowest BCUT2D eigenvalue weighted by atomic mass is 9.90. The van der Waals surface area contributed by atoms with E-state index in [1.807, 2.05) is 24.3 Å². The van der Waals surface area contributed by atoms with Gasteiger partial charge in [-0.15, -0.1) is 0 Å². The van der Waals surface area contributed by atoms with E-state index >= 15 is 0 Å². The van der Waals surface area contributed by atoms with Crippen molar-refractivity contribution < 1.29 is 14.7 Å². The third-order valence-electron chi connectivity index (χ3n) is 5.01. The van der Waals surface area contributed by atoms with Crippen LogP contribution in [0.3, 0.4) is 0 Å². The van der Waals surface area contributed by atoms with Crippen LogP contribution in [0.4, 0.5) is 5.69 Å². The normalized spacial score (nSPS) is 24.9. The molecule has 2 aromatic rings. The molecule has 4 rings (SSSR count). The van der Waals surface area contributed by atoms with Crippen molar-refractivity contribution >= 4 is 63.3 Å². The van der Waals surface area contributed by atoms with Crippen molar-refractivity contribution in [2.45, 2.75) is 18.2 Å². The maximum absolute atomic E-state index is 12.5. The summed E-state index contributed by atoms with van der Waals surface area (Å²) in [4.78, 5) is 24.7. The summed E-state index contributed by atoms with van der Waals surface area (Å²) >= 11 is 14.5. The SMILES string of the molecule is O=C1NC(=O)C2C1C=CC(C(O)c1ccc(I)cc1)N2Nc1ccc(Cl)cc1Cl. The molecule has 1 saturated heterocycles. The molecule has 2 heterocycles. The van der Waals surface area contributed by atoms with Gasteiger partial charge >= 0.3 is 0 Å². The topological polar surface area (TPSA) is 81.7 Å². The summed E-state index contributed by atoms with van der Waals surface area (Å²) in [6.07, 6.45) is 2.47. The van der Waals surface area contributed by atoms with Gasteiger partial charge < -0.3 is 10.5 Å². The molecule has 9 heteroatoms. The van der Waals surface area contributed by atoms with E-state index < -0.39 is 30.0 Å². The van der Waals surface area contributed by atoms with E-state index in [1.54, 1.807) is 35.4 Å². The number of rotatable bonds is 4. The Morgan fingerprint density at radius 1 is 1.07 bits per heavy atom. The molecule has 150 valence electrons. The second-order valence-electron chi connectivity index (χ2n) is 6.84. The second-order valence-corrected chi connectivity index (χ2v) is 8.93. The predicted molar refractivity (Wildman–Crippen MR) is 119 cm³/mol. The number of carbonyl (C=O) groups excluding carboxylic acids is 2. The van der Waals surface area contributed by atoms with Crippen molar-refractivity contribution in [1.29, 1.82) is 0 Å². The number of anilines is 1. The number of imide groups is 1. The number of hydrogen-bond acceptors (Lipinski definition) is 5. The number of halogens is 3. The zero-order valence-corrected chi connectivity index (χ0v) is 18.5. The van der Waals surface area contributed by atoms with Crippen LogP contribution in [0.1, 0.15) is 11.7 Å². The fourth-order valence-corrected chi connectivity index (χ4v) is 4.38. The second kappa shape index (κ2) is 8.23. The first-order valence-electron chi connectivity index (χ1n) is 8.82. The molecule has 2 amide bonds. The lowest BCUT2D eigenvalue weighted by molar-refractivity contribution is -0.126. The summed E-state index contributed by atoms with van der Waals surface area (Å²) in [6, 6.07) is 11.0. The molecular formula is C20H16Cl2IN3O3. The molecule has 2 aromatic carbocycles. The van der Waals surface area contributed by atoms with E-state index in [0.717, 1.165) is 3.57 Å². The molecule has 3 N–H and O–H groups in total. The molecule has 2 aliphatic rings. The van der Waals surface area contributed by atoms with Crippen LogP contribution in [0, 0.1) is 9.49 Å². The van der Waals surface area contributed by atoms with E-state index in [1.165, 1.54) is 0 Å². The number of hydrogen-bond donors (Lipinski definition) is 3.